The maximum atomic E-state index is 11.0. The normalized spacial score (nSPS) is 21.8. The van der Waals surface area contributed by atoms with E-state index in [0.29, 0.717) is 12.9 Å². The molecule has 0 spiro atoms. The zero-order chi connectivity index (χ0) is 18.4. The average molecular weight is 342 g/mol. The van der Waals surface area contributed by atoms with Gasteiger partial charge in [0.2, 0.25) is 0 Å². The van der Waals surface area contributed by atoms with Crippen LogP contribution in [0, 0.1) is 0 Å². The summed E-state index contributed by atoms with van der Waals surface area (Å²) in [6.07, 6.45) is 0.253. The van der Waals surface area contributed by atoms with Crippen LogP contribution in [0.2, 0.25) is 0 Å². The Morgan fingerprint density at radius 3 is 2.20 bits per heavy atom. The van der Waals surface area contributed by atoms with Crippen molar-refractivity contribution in [2.24, 2.45) is 17.3 Å². The summed E-state index contributed by atoms with van der Waals surface area (Å²) >= 11 is 0. The average Bonchev–Trinajstić information content (AvgIpc) is 2.63. The number of nitrogens with two attached hydrogens (primary N) is 3. The van der Waals surface area contributed by atoms with E-state index >= 15 is 0 Å². The molecule has 0 aromatic heterocycles. The molecular formula is C19H26N4O2. The van der Waals surface area contributed by atoms with Gasteiger partial charge in [-0.3, -0.25) is 10.6 Å². The van der Waals surface area contributed by atoms with Crippen LogP contribution in [0.1, 0.15) is 40.4 Å². The molecule has 0 saturated heterocycles. The van der Waals surface area contributed by atoms with Crippen LogP contribution in [0.15, 0.2) is 48.5 Å². The maximum Gasteiger partial charge on any atom is 0.293 e. The summed E-state index contributed by atoms with van der Waals surface area (Å²) in [6.45, 7) is 0.504. The molecule has 2 aromatic carbocycles. The summed E-state index contributed by atoms with van der Waals surface area (Å²) in [6, 6.07) is 15.4. The number of ether oxygens (including phenoxy) is 1. The minimum Gasteiger partial charge on any atom is -0.459 e. The predicted molar refractivity (Wildman–Crippen MR) is 98.2 cm³/mol. The minimum atomic E-state index is -0.347. The molecule has 0 radical (unpaired) electrons. The van der Waals surface area contributed by atoms with Gasteiger partial charge in [-0.15, -0.1) is 0 Å². The highest BCUT2D eigenvalue weighted by Crippen LogP contribution is 2.40. The van der Waals surface area contributed by atoms with Crippen LogP contribution in [0.25, 0.3) is 0 Å². The third-order valence-electron chi connectivity index (χ3n) is 4.48. The molecule has 0 heterocycles. The summed E-state index contributed by atoms with van der Waals surface area (Å²) in [5.41, 5.74) is 15.1. The summed E-state index contributed by atoms with van der Waals surface area (Å²) in [4.78, 5) is 11.0. The Kier molecular flexibility index (Phi) is 6.66. The van der Waals surface area contributed by atoms with Gasteiger partial charge in [-0.1, -0.05) is 48.5 Å². The fourth-order valence-electron chi connectivity index (χ4n) is 3.45. The number of rotatable bonds is 3. The van der Waals surface area contributed by atoms with Crippen LogP contribution in [0.3, 0.4) is 0 Å². The van der Waals surface area contributed by atoms with Gasteiger partial charge < -0.3 is 16.2 Å². The molecule has 25 heavy (non-hydrogen) atoms. The van der Waals surface area contributed by atoms with Gasteiger partial charge in [-0.25, -0.2) is 5.01 Å². The molecule has 0 bridgehead atoms. The van der Waals surface area contributed by atoms with Gasteiger partial charge in [0.1, 0.15) is 6.10 Å². The molecule has 6 N–H and O–H groups in total. The Balaban J connectivity index is 0.00000109. The van der Waals surface area contributed by atoms with Crippen LogP contribution >= 0.6 is 0 Å². The smallest absolute Gasteiger partial charge is 0.293 e. The molecule has 6 nitrogen and oxygen atoms in total. The number of carbonyl (C=O) groups excluding carboxylic acids is 1. The summed E-state index contributed by atoms with van der Waals surface area (Å²) < 4.78 is 5.36. The van der Waals surface area contributed by atoms with Gasteiger partial charge in [-0.05, 0) is 29.3 Å². The van der Waals surface area contributed by atoms with Crippen molar-refractivity contribution in [2.75, 3.05) is 14.1 Å². The molecule has 0 aliphatic heterocycles. The molecule has 134 valence electrons. The lowest BCUT2D eigenvalue weighted by atomic mass is 9.82. The van der Waals surface area contributed by atoms with Gasteiger partial charge in [0.25, 0.3) is 6.47 Å². The second-order valence-electron chi connectivity index (χ2n) is 5.89. The Labute approximate surface area is 148 Å². The largest absolute Gasteiger partial charge is 0.459 e. The highest BCUT2D eigenvalue weighted by Gasteiger charge is 2.32. The lowest BCUT2D eigenvalue weighted by Crippen LogP contribution is -2.40. The van der Waals surface area contributed by atoms with Crippen molar-refractivity contribution < 1.29 is 9.53 Å². The second-order valence-corrected chi connectivity index (χ2v) is 5.89. The number of nitrogens with zero attached hydrogens (tertiary/aromatic N) is 1. The van der Waals surface area contributed by atoms with Crippen LogP contribution in [-0.2, 0) is 16.0 Å². The van der Waals surface area contributed by atoms with Crippen LogP contribution in [0.5, 0.6) is 0 Å². The van der Waals surface area contributed by atoms with E-state index in [2.05, 4.69) is 5.73 Å². The van der Waals surface area contributed by atoms with Crippen molar-refractivity contribution in [2.45, 2.75) is 24.6 Å². The fourth-order valence-corrected chi connectivity index (χ4v) is 3.45. The van der Waals surface area contributed by atoms with Crippen molar-refractivity contribution in [3.05, 3.63) is 70.8 Å². The zero-order valence-electron chi connectivity index (χ0n) is 14.6. The van der Waals surface area contributed by atoms with Crippen LogP contribution < -0.4 is 17.3 Å². The van der Waals surface area contributed by atoms with Crippen LogP contribution in [0.4, 0.5) is 0 Å². The molecule has 0 amide bonds. The monoisotopic (exact) mass is 342 g/mol. The summed E-state index contributed by atoms with van der Waals surface area (Å²) in [7, 11) is 3.32. The van der Waals surface area contributed by atoms with E-state index in [9.17, 15) is 4.79 Å². The van der Waals surface area contributed by atoms with E-state index in [0.717, 1.165) is 22.3 Å². The first-order valence-corrected chi connectivity index (χ1v) is 8.20. The lowest BCUT2D eigenvalue weighted by Gasteiger charge is -2.36. The summed E-state index contributed by atoms with van der Waals surface area (Å²) in [5, 5.41) is 1.65. The molecule has 2 aromatic rings. The number of fused-ring (bicyclic) bond motifs is 2. The van der Waals surface area contributed by atoms with E-state index in [1.807, 2.05) is 55.6 Å². The zero-order valence-corrected chi connectivity index (χ0v) is 14.6. The molecule has 6 heteroatoms. The Morgan fingerprint density at radius 1 is 1.04 bits per heavy atom. The van der Waals surface area contributed by atoms with E-state index in [1.54, 1.807) is 5.01 Å². The lowest BCUT2D eigenvalue weighted by molar-refractivity contribution is -0.133. The Hall–Kier alpha value is -2.25. The SMILES string of the molecule is CN.CN(N)C1c2ccccc2CC(OC=O)c2ccccc2C1N. The van der Waals surface area contributed by atoms with Gasteiger partial charge in [0, 0.05) is 13.5 Å². The number of hydrogen-bond acceptors (Lipinski definition) is 6. The molecule has 3 atom stereocenters. The quantitative estimate of drug-likeness (QED) is 0.444. The van der Waals surface area contributed by atoms with E-state index in [-0.39, 0.29) is 18.2 Å². The van der Waals surface area contributed by atoms with Gasteiger partial charge in [-0.2, -0.15) is 0 Å². The molecule has 1 aliphatic rings. The highest BCUT2D eigenvalue weighted by molar-refractivity contribution is 5.44. The van der Waals surface area contributed by atoms with E-state index in [4.69, 9.17) is 16.3 Å². The van der Waals surface area contributed by atoms with E-state index < -0.39 is 0 Å². The number of likely N-dealkylation sites (N-methyl/N-ethyl adjacent to an activating group) is 1. The highest BCUT2D eigenvalue weighted by atomic mass is 16.5. The Morgan fingerprint density at radius 2 is 1.60 bits per heavy atom. The van der Waals surface area contributed by atoms with E-state index in [1.165, 1.54) is 7.05 Å². The van der Waals surface area contributed by atoms with Crippen molar-refractivity contribution in [3.8, 4) is 0 Å². The molecule has 0 saturated carbocycles. The number of benzene rings is 2. The third kappa shape index (κ3) is 3.88. The van der Waals surface area contributed by atoms with Crippen molar-refractivity contribution in [1.29, 1.82) is 0 Å². The molecule has 3 rings (SSSR count). The summed E-state index contributed by atoms with van der Waals surface area (Å²) in [5.74, 6) is 6.11. The topological polar surface area (TPSA) is 108 Å². The van der Waals surface area contributed by atoms with Crippen molar-refractivity contribution in [3.63, 3.8) is 0 Å². The molecule has 3 unspecified atom stereocenters. The first-order valence-electron chi connectivity index (χ1n) is 8.20. The van der Waals surface area contributed by atoms with Gasteiger partial charge in [0.15, 0.2) is 0 Å². The number of hydrazine groups is 1. The molecular weight excluding hydrogens is 316 g/mol. The number of hydrogen-bond donors (Lipinski definition) is 3. The van der Waals surface area contributed by atoms with Crippen LogP contribution in [-0.4, -0.2) is 25.6 Å². The molecule has 0 fully saturated rings. The van der Waals surface area contributed by atoms with Crippen molar-refractivity contribution >= 4 is 6.47 Å². The fraction of sp³-hybridized carbons (Fsp3) is 0.316. The Bertz CT molecular complexity index is 705. The number of carbonyl (C=O) groups is 1. The first kappa shape index (κ1) is 19.1. The third-order valence-corrected chi connectivity index (χ3v) is 4.48. The minimum absolute atomic E-state index is 0.149. The standard InChI is InChI=1S/C18H21N3O2.CH5N/c1-21(20)18-13-7-3-2-6-12(13)10-16(23-11-22)14-8-4-5-9-15(14)17(18)19;1-2/h2-9,11,16-18H,10,19-20H2,1H3;2H2,1H3. The maximum absolute atomic E-state index is 11.0. The van der Waals surface area contributed by atoms with Gasteiger partial charge in [0.05, 0.1) is 12.1 Å². The first-order chi connectivity index (χ1) is 12.1. The predicted octanol–water partition coefficient (Wildman–Crippen LogP) is 1.58. The van der Waals surface area contributed by atoms with Gasteiger partial charge >= 0.3 is 0 Å². The second kappa shape index (κ2) is 8.73. The van der Waals surface area contributed by atoms with Crippen molar-refractivity contribution in [1.82, 2.24) is 5.01 Å². The molecule has 1 aliphatic carbocycles.